The molecule has 1 aromatic heterocycles. The van der Waals surface area contributed by atoms with E-state index in [1.54, 1.807) is 11.3 Å². The van der Waals surface area contributed by atoms with Gasteiger partial charge in [-0.05, 0) is 58.9 Å². The van der Waals surface area contributed by atoms with Crippen molar-refractivity contribution in [2.24, 2.45) is 0 Å². The number of hydrogen-bond acceptors (Lipinski definition) is 2. The minimum Gasteiger partial charge on any atom is -0.303 e. The summed E-state index contributed by atoms with van der Waals surface area (Å²) < 4.78 is 1.17. The maximum absolute atomic E-state index is 6.02. The monoisotopic (exact) mass is 343 g/mol. The Morgan fingerprint density at radius 1 is 1.22 bits per heavy atom. The standard InChI is InChI=1S/C14H15BrClNS/c1-9(11-4-3-5-12(16)8-11)17-10(2)14-13(15)6-7-18-14/h3-10,17H,1-2H3/t9-,10?/m0/s1. The molecule has 2 atom stereocenters. The Morgan fingerprint density at radius 3 is 2.61 bits per heavy atom. The predicted octanol–water partition coefficient (Wildman–Crippen LogP) is 5.58. The molecule has 0 aliphatic heterocycles. The highest BCUT2D eigenvalue weighted by Gasteiger charge is 2.14. The molecule has 2 aromatic rings. The normalized spacial score (nSPS) is 14.4. The fraction of sp³-hybridized carbons (Fsp3) is 0.286. The second-order valence-corrected chi connectivity index (χ2v) is 6.54. The third-order valence-electron chi connectivity index (χ3n) is 2.89. The molecule has 0 spiro atoms. The van der Waals surface area contributed by atoms with Crippen LogP contribution in [0.4, 0.5) is 0 Å². The van der Waals surface area contributed by atoms with Gasteiger partial charge < -0.3 is 5.32 Å². The summed E-state index contributed by atoms with van der Waals surface area (Å²) in [6.07, 6.45) is 0. The Morgan fingerprint density at radius 2 is 2.00 bits per heavy atom. The number of halogens is 2. The van der Waals surface area contributed by atoms with Gasteiger partial charge >= 0.3 is 0 Å². The predicted molar refractivity (Wildman–Crippen MR) is 83.4 cm³/mol. The molecule has 1 nitrogen and oxygen atoms in total. The van der Waals surface area contributed by atoms with Gasteiger partial charge in [0.2, 0.25) is 0 Å². The summed E-state index contributed by atoms with van der Waals surface area (Å²) in [6, 6.07) is 10.7. The molecule has 1 N–H and O–H groups in total. The van der Waals surface area contributed by atoms with Crippen LogP contribution in [0.5, 0.6) is 0 Å². The summed E-state index contributed by atoms with van der Waals surface area (Å²) in [6.45, 7) is 4.33. The van der Waals surface area contributed by atoms with Gasteiger partial charge in [0, 0.05) is 26.5 Å². The zero-order chi connectivity index (χ0) is 13.1. The van der Waals surface area contributed by atoms with E-state index in [1.165, 1.54) is 14.9 Å². The number of thiophene rings is 1. The Balaban J connectivity index is 2.08. The molecule has 1 unspecified atom stereocenters. The number of benzene rings is 1. The van der Waals surface area contributed by atoms with Crippen molar-refractivity contribution in [2.45, 2.75) is 25.9 Å². The molecule has 0 aliphatic carbocycles. The van der Waals surface area contributed by atoms with Crippen LogP contribution < -0.4 is 5.32 Å². The maximum atomic E-state index is 6.02. The molecule has 0 fully saturated rings. The van der Waals surface area contributed by atoms with E-state index in [0.717, 1.165) is 5.02 Å². The smallest absolute Gasteiger partial charge is 0.0409 e. The SMILES string of the molecule is CC(N[C@@H](C)c1cccc(Cl)c1)c1sccc1Br. The average molecular weight is 345 g/mol. The van der Waals surface area contributed by atoms with Gasteiger partial charge in [-0.3, -0.25) is 0 Å². The molecule has 0 bridgehead atoms. The van der Waals surface area contributed by atoms with Crippen LogP contribution in [-0.2, 0) is 0 Å². The molecule has 1 heterocycles. The van der Waals surface area contributed by atoms with Crippen LogP contribution in [0.1, 0.15) is 36.4 Å². The second-order valence-electron chi connectivity index (χ2n) is 4.30. The number of hydrogen-bond donors (Lipinski definition) is 1. The lowest BCUT2D eigenvalue weighted by Crippen LogP contribution is -2.22. The summed E-state index contributed by atoms with van der Waals surface area (Å²) in [7, 11) is 0. The summed E-state index contributed by atoms with van der Waals surface area (Å²) in [5.74, 6) is 0. The number of rotatable bonds is 4. The molecule has 18 heavy (non-hydrogen) atoms. The van der Waals surface area contributed by atoms with Gasteiger partial charge in [-0.25, -0.2) is 0 Å². The van der Waals surface area contributed by atoms with E-state index in [9.17, 15) is 0 Å². The zero-order valence-corrected chi connectivity index (χ0v) is 13.4. The largest absolute Gasteiger partial charge is 0.303 e. The Kier molecular flexibility index (Phi) is 4.84. The third kappa shape index (κ3) is 3.35. The van der Waals surface area contributed by atoms with Gasteiger partial charge in [-0.15, -0.1) is 11.3 Å². The van der Waals surface area contributed by atoms with E-state index < -0.39 is 0 Å². The molecule has 2 rings (SSSR count). The molecule has 0 aliphatic rings. The molecule has 0 amide bonds. The summed E-state index contributed by atoms with van der Waals surface area (Å²) in [4.78, 5) is 1.32. The average Bonchev–Trinajstić information content (AvgIpc) is 2.75. The van der Waals surface area contributed by atoms with Crippen LogP contribution in [0.25, 0.3) is 0 Å². The lowest BCUT2D eigenvalue weighted by molar-refractivity contribution is 0.499. The first-order chi connectivity index (χ1) is 8.58. The molecule has 1 aromatic carbocycles. The molecule has 4 heteroatoms. The van der Waals surface area contributed by atoms with Crippen LogP contribution in [0.15, 0.2) is 40.2 Å². The quantitative estimate of drug-likeness (QED) is 0.764. The topological polar surface area (TPSA) is 12.0 Å². The zero-order valence-electron chi connectivity index (χ0n) is 10.3. The van der Waals surface area contributed by atoms with Crippen LogP contribution in [0, 0.1) is 0 Å². The van der Waals surface area contributed by atoms with E-state index in [-0.39, 0.29) is 6.04 Å². The Hall–Kier alpha value is -0.350. The van der Waals surface area contributed by atoms with Crippen molar-refractivity contribution in [2.75, 3.05) is 0 Å². The fourth-order valence-corrected chi connectivity index (χ4v) is 3.87. The summed E-state index contributed by atoms with van der Waals surface area (Å²) in [5, 5.41) is 6.47. The van der Waals surface area contributed by atoms with E-state index in [4.69, 9.17) is 11.6 Å². The minimum absolute atomic E-state index is 0.271. The molecule has 0 saturated carbocycles. The molecule has 0 radical (unpaired) electrons. The van der Waals surface area contributed by atoms with Crippen LogP contribution in [-0.4, -0.2) is 0 Å². The third-order valence-corrected chi connectivity index (χ3v) is 5.18. The highest BCUT2D eigenvalue weighted by Crippen LogP contribution is 2.30. The highest BCUT2D eigenvalue weighted by molar-refractivity contribution is 9.10. The molecular formula is C14H15BrClNS. The van der Waals surface area contributed by atoms with Crippen molar-refractivity contribution in [1.29, 1.82) is 0 Å². The van der Waals surface area contributed by atoms with Crippen molar-refractivity contribution in [3.8, 4) is 0 Å². The lowest BCUT2D eigenvalue weighted by atomic mass is 10.1. The minimum atomic E-state index is 0.271. The Bertz CT molecular complexity index is 526. The first kappa shape index (κ1) is 14.1. The van der Waals surface area contributed by atoms with E-state index in [1.807, 2.05) is 18.2 Å². The fourth-order valence-electron chi connectivity index (χ4n) is 1.94. The summed E-state index contributed by atoms with van der Waals surface area (Å²) >= 11 is 11.4. The van der Waals surface area contributed by atoms with Crippen LogP contribution in [0.2, 0.25) is 5.02 Å². The molecule has 0 saturated heterocycles. The number of nitrogens with one attached hydrogen (secondary N) is 1. The van der Waals surface area contributed by atoms with Crippen molar-refractivity contribution in [3.05, 3.63) is 55.6 Å². The van der Waals surface area contributed by atoms with Crippen molar-refractivity contribution in [1.82, 2.24) is 5.32 Å². The second kappa shape index (κ2) is 6.20. The maximum Gasteiger partial charge on any atom is 0.0409 e. The van der Waals surface area contributed by atoms with Gasteiger partial charge in [-0.2, -0.15) is 0 Å². The molecule has 96 valence electrons. The van der Waals surface area contributed by atoms with Crippen LogP contribution in [0.3, 0.4) is 0 Å². The van der Waals surface area contributed by atoms with E-state index >= 15 is 0 Å². The first-order valence-corrected chi connectivity index (χ1v) is 7.87. The van der Waals surface area contributed by atoms with E-state index in [2.05, 4.69) is 52.6 Å². The van der Waals surface area contributed by atoms with Crippen LogP contribution >= 0.6 is 38.9 Å². The van der Waals surface area contributed by atoms with Gasteiger partial charge in [-0.1, -0.05) is 23.7 Å². The van der Waals surface area contributed by atoms with Gasteiger partial charge in [0.1, 0.15) is 0 Å². The Labute approximate surface area is 125 Å². The van der Waals surface area contributed by atoms with Crippen molar-refractivity contribution >= 4 is 38.9 Å². The summed E-state index contributed by atoms with van der Waals surface area (Å²) in [5.41, 5.74) is 1.21. The van der Waals surface area contributed by atoms with E-state index in [0.29, 0.717) is 6.04 Å². The van der Waals surface area contributed by atoms with Crippen molar-refractivity contribution in [3.63, 3.8) is 0 Å². The van der Waals surface area contributed by atoms with Gasteiger partial charge in [0.05, 0.1) is 0 Å². The van der Waals surface area contributed by atoms with Crippen molar-refractivity contribution < 1.29 is 0 Å². The highest BCUT2D eigenvalue weighted by atomic mass is 79.9. The van der Waals surface area contributed by atoms with Gasteiger partial charge in [0.25, 0.3) is 0 Å². The lowest BCUT2D eigenvalue weighted by Gasteiger charge is -2.20. The first-order valence-electron chi connectivity index (χ1n) is 5.82. The van der Waals surface area contributed by atoms with Gasteiger partial charge in [0.15, 0.2) is 0 Å². The molecular weight excluding hydrogens is 330 g/mol.